The van der Waals surface area contributed by atoms with Crippen LogP contribution in [0.15, 0.2) is 11.2 Å². The van der Waals surface area contributed by atoms with Crippen LogP contribution in [0.2, 0.25) is 5.15 Å². The van der Waals surface area contributed by atoms with Crippen LogP contribution >= 0.6 is 11.6 Å². The van der Waals surface area contributed by atoms with E-state index in [2.05, 4.69) is 21.8 Å². The van der Waals surface area contributed by atoms with Crippen molar-refractivity contribution in [3.63, 3.8) is 0 Å². The fourth-order valence-electron chi connectivity index (χ4n) is 2.32. The molecular formula is C15H20ClN3O3. The molecule has 1 aromatic rings. The van der Waals surface area contributed by atoms with E-state index < -0.39 is 5.97 Å². The Hall–Kier alpha value is -1.50. The first kappa shape index (κ1) is 16.9. The van der Waals surface area contributed by atoms with Gasteiger partial charge in [-0.15, -0.1) is 0 Å². The molecule has 120 valence electrons. The van der Waals surface area contributed by atoms with Crippen molar-refractivity contribution in [1.82, 2.24) is 9.88 Å². The van der Waals surface area contributed by atoms with E-state index in [1.54, 1.807) is 13.1 Å². The topological polar surface area (TPSA) is 64.0 Å². The lowest BCUT2D eigenvalue weighted by atomic mass is 10.1. The number of rotatable bonds is 4. The predicted molar refractivity (Wildman–Crippen MR) is 85.3 cm³/mol. The molecule has 0 N–H and O–H groups in total. The molecule has 0 radical (unpaired) electrons. The second-order valence-corrected chi connectivity index (χ2v) is 5.54. The first-order valence-electron chi connectivity index (χ1n) is 7.12. The molecule has 0 aromatic carbocycles. The zero-order chi connectivity index (χ0) is 16.1. The van der Waals surface area contributed by atoms with Crippen LogP contribution in [0.3, 0.4) is 0 Å². The predicted octanol–water partition coefficient (Wildman–Crippen LogP) is 2.25. The molecule has 1 aliphatic rings. The Morgan fingerprint density at radius 3 is 3.14 bits per heavy atom. The van der Waals surface area contributed by atoms with Gasteiger partial charge in [0, 0.05) is 31.5 Å². The van der Waals surface area contributed by atoms with Gasteiger partial charge in [0.2, 0.25) is 0 Å². The first-order chi connectivity index (χ1) is 10.5. The van der Waals surface area contributed by atoms with Crippen LogP contribution in [0, 0.1) is 6.92 Å². The van der Waals surface area contributed by atoms with Gasteiger partial charge in [0.15, 0.2) is 5.15 Å². The largest absolute Gasteiger partial charge is 0.465 e. The van der Waals surface area contributed by atoms with Crippen LogP contribution in [-0.2, 0) is 9.47 Å². The lowest BCUT2D eigenvalue weighted by Crippen LogP contribution is -2.44. The first-order valence-corrected chi connectivity index (χ1v) is 7.50. The molecule has 0 aliphatic carbocycles. The molecule has 1 aliphatic heterocycles. The van der Waals surface area contributed by atoms with Gasteiger partial charge < -0.3 is 9.47 Å². The normalized spacial score (nSPS) is 19.5. The summed E-state index contributed by atoms with van der Waals surface area (Å²) in [5.74, 6) is -0.464. The second kappa shape index (κ2) is 7.67. The Kier molecular flexibility index (Phi) is 5.88. The van der Waals surface area contributed by atoms with Crippen LogP contribution in [0.5, 0.6) is 0 Å². The SMILES string of the molecule is COC(=O)c1c(C)cnc(Cl)c1N=CCN1CCOC[C@H]1C. The zero-order valence-electron chi connectivity index (χ0n) is 13.0. The van der Waals surface area contributed by atoms with Crippen LogP contribution in [0.4, 0.5) is 5.69 Å². The highest BCUT2D eigenvalue weighted by atomic mass is 35.5. The number of pyridine rings is 1. The number of carbonyl (C=O) groups excluding carboxylic acids is 1. The van der Waals surface area contributed by atoms with E-state index in [1.165, 1.54) is 13.3 Å². The molecule has 22 heavy (non-hydrogen) atoms. The molecule has 1 saturated heterocycles. The summed E-state index contributed by atoms with van der Waals surface area (Å²) in [5.41, 5.74) is 1.39. The molecule has 0 bridgehead atoms. The Bertz CT molecular complexity index is 577. The summed E-state index contributed by atoms with van der Waals surface area (Å²) in [4.78, 5) is 22.6. The van der Waals surface area contributed by atoms with Crippen LogP contribution in [0.25, 0.3) is 0 Å². The number of esters is 1. The molecule has 6 nitrogen and oxygen atoms in total. The fourth-order valence-corrected chi connectivity index (χ4v) is 2.51. The average Bonchev–Trinajstić information content (AvgIpc) is 2.52. The number of carbonyl (C=O) groups is 1. The van der Waals surface area contributed by atoms with Gasteiger partial charge >= 0.3 is 5.97 Å². The third-order valence-corrected chi connectivity index (χ3v) is 3.91. The van der Waals surface area contributed by atoms with Crippen molar-refractivity contribution in [1.29, 1.82) is 0 Å². The van der Waals surface area contributed by atoms with E-state index in [1.807, 2.05) is 0 Å². The summed E-state index contributed by atoms with van der Waals surface area (Å²) in [6, 6.07) is 0.339. The number of morpholine rings is 1. The van der Waals surface area contributed by atoms with Crippen LogP contribution in [0.1, 0.15) is 22.8 Å². The third-order valence-electron chi connectivity index (χ3n) is 3.63. The highest BCUT2D eigenvalue weighted by Crippen LogP contribution is 2.29. The monoisotopic (exact) mass is 325 g/mol. The molecule has 0 saturated carbocycles. The molecule has 0 amide bonds. The van der Waals surface area contributed by atoms with Gasteiger partial charge in [-0.1, -0.05) is 11.6 Å². The van der Waals surface area contributed by atoms with Crippen molar-refractivity contribution in [3.05, 3.63) is 22.5 Å². The van der Waals surface area contributed by atoms with Gasteiger partial charge in [0.05, 0.1) is 25.9 Å². The van der Waals surface area contributed by atoms with Gasteiger partial charge in [-0.05, 0) is 19.4 Å². The lowest BCUT2D eigenvalue weighted by molar-refractivity contribution is 0.00802. The number of methoxy groups -OCH3 is 1. The number of aliphatic imine (C=N–C) groups is 1. The molecule has 0 unspecified atom stereocenters. The van der Waals surface area contributed by atoms with E-state index in [4.69, 9.17) is 21.1 Å². The number of nitrogens with zero attached hydrogens (tertiary/aromatic N) is 3. The van der Waals surface area contributed by atoms with Gasteiger partial charge in [0.1, 0.15) is 5.69 Å². The van der Waals surface area contributed by atoms with Gasteiger partial charge in [0.25, 0.3) is 0 Å². The highest BCUT2D eigenvalue weighted by Gasteiger charge is 2.20. The molecule has 1 fully saturated rings. The summed E-state index contributed by atoms with van der Waals surface area (Å²) in [6.45, 7) is 6.84. The van der Waals surface area contributed by atoms with Gasteiger partial charge in [-0.2, -0.15) is 0 Å². The number of aromatic nitrogens is 1. The number of halogens is 1. The Balaban J connectivity index is 2.19. The summed E-state index contributed by atoms with van der Waals surface area (Å²) in [5, 5.41) is 0.192. The quantitative estimate of drug-likeness (QED) is 0.482. The minimum absolute atomic E-state index is 0.192. The maximum Gasteiger partial charge on any atom is 0.340 e. The summed E-state index contributed by atoms with van der Waals surface area (Å²) in [6.07, 6.45) is 3.29. The standard InChI is InChI=1S/C15H20ClN3O3/c1-10-8-18-14(16)13(12(10)15(20)21-3)17-4-5-19-6-7-22-9-11(19)2/h4,8,11H,5-7,9H2,1-3H3/t11-/m1/s1. The van der Waals surface area contributed by atoms with Crippen molar-refractivity contribution in [2.24, 2.45) is 4.99 Å². The van der Waals surface area contributed by atoms with Crippen molar-refractivity contribution in [2.45, 2.75) is 19.9 Å². The fraction of sp³-hybridized carbons (Fsp3) is 0.533. The van der Waals surface area contributed by atoms with Crippen molar-refractivity contribution < 1.29 is 14.3 Å². The van der Waals surface area contributed by atoms with Crippen molar-refractivity contribution in [2.75, 3.05) is 33.4 Å². The van der Waals surface area contributed by atoms with E-state index in [0.717, 1.165) is 13.2 Å². The number of hydrogen-bond donors (Lipinski definition) is 0. The number of aryl methyl sites for hydroxylation is 1. The summed E-state index contributed by atoms with van der Waals surface area (Å²) < 4.78 is 10.2. The summed E-state index contributed by atoms with van der Waals surface area (Å²) in [7, 11) is 1.33. The van der Waals surface area contributed by atoms with E-state index >= 15 is 0 Å². The molecule has 2 heterocycles. The minimum Gasteiger partial charge on any atom is -0.465 e. The molecule has 2 rings (SSSR count). The van der Waals surface area contributed by atoms with E-state index in [0.29, 0.717) is 36.0 Å². The van der Waals surface area contributed by atoms with Crippen molar-refractivity contribution >= 4 is 29.5 Å². The van der Waals surface area contributed by atoms with Crippen molar-refractivity contribution in [3.8, 4) is 0 Å². The molecule has 1 atom stereocenters. The zero-order valence-corrected chi connectivity index (χ0v) is 13.8. The van der Waals surface area contributed by atoms with E-state index in [-0.39, 0.29) is 5.15 Å². The van der Waals surface area contributed by atoms with Gasteiger partial charge in [-0.25, -0.2) is 9.78 Å². The average molecular weight is 326 g/mol. The second-order valence-electron chi connectivity index (χ2n) is 5.18. The minimum atomic E-state index is -0.464. The lowest BCUT2D eigenvalue weighted by Gasteiger charge is -2.31. The van der Waals surface area contributed by atoms with Gasteiger partial charge in [-0.3, -0.25) is 9.89 Å². The Morgan fingerprint density at radius 1 is 1.68 bits per heavy atom. The highest BCUT2D eigenvalue weighted by molar-refractivity contribution is 6.32. The maximum absolute atomic E-state index is 11.9. The smallest absolute Gasteiger partial charge is 0.340 e. The molecular weight excluding hydrogens is 306 g/mol. The molecule has 0 spiro atoms. The van der Waals surface area contributed by atoms with Crippen LogP contribution in [-0.4, -0.2) is 61.5 Å². The maximum atomic E-state index is 11.9. The third kappa shape index (κ3) is 3.82. The Morgan fingerprint density at radius 2 is 2.45 bits per heavy atom. The number of ether oxygens (including phenoxy) is 2. The molecule has 7 heteroatoms. The van der Waals surface area contributed by atoms with E-state index in [9.17, 15) is 4.79 Å². The Labute approximate surface area is 135 Å². The molecule has 1 aromatic heterocycles. The summed E-state index contributed by atoms with van der Waals surface area (Å²) >= 11 is 6.09. The number of hydrogen-bond acceptors (Lipinski definition) is 6. The van der Waals surface area contributed by atoms with Crippen LogP contribution < -0.4 is 0 Å².